The number of hydrogen-bond donors (Lipinski definition) is 0. The molecule has 0 saturated heterocycles. The summed E-state index contributed by atoms with van der Waals surface area (Å²) in [5, 5.41) is 8.88. The monoisotopic (exact) mass is 218 g/mol. The summed E-state index contributed by atoms with van der Waals surface area (Å²) in [5.74, 6) is 1.15. The van der Waals surface area contributed by atoms with Gasteiger partial charge in [0.05, 0.1) is 6.61 Å². The smallest absolute Gasteiger partial charge is 0.231 e. The zero-order chi connectivity index (χ0) is 12.0. The van der Waals surface area contributed by atoms with Gasteiger partial charge in [-0.1, -0.05) is 13.8 Å². The fourth-order valence-electron chi connectivity index (χ4n) is 1.39. The highest BCUT2D eigenvalue weighted by atomic mass is 16.5. The van der Waals surface area contributed by atoms with Crippen molar-refractivity contribution in [3.63, 3.8) is 0 Å². The number of hydrogen-bond acceptors (Lipinski definition) is 3. The predicted molar refractivity (Wildman–Crippen MR) is 63.3 cm³/mol. The van der Waals surface area contributed by atoms with E-state index < -0.39 is 0 Å². The molecule has 0 amide bonds. The third kappa shape index (κ3) is 3.90. The number of pyridine rings is 1. The van der Waals surface area contributed by atoms with Gasteiger partial charge < -0.3 is 4.74 Å². The Bertz CT molecular complexity index is 380. The summed E-state index contributed by atoms with van der Waals surface area (Å²) in [6.07, 6.45) is 2.13. The molecule has 1 aromatic heterocycles. The predicted octanol–water partition coefficient (Wildman–Crippen LogP) is 3.08. The Morgan fingerprint density at radius 3 is 2.81 bits per heavy atom. The van der Waals surface area contributed by atoms with E-state index in [1.165, 1.54) is 0 Å². The van der Waals surface area contributed by atoms with Crippen molar-refractivity contribution in [1.29, 1.82) is 5.26 Å². The molecule has 86 valence electrons. The highest BCUT2D eigenvalue weighted by Gasteiger charge is 2.05. The Balaban J connectivity index is 2.53. The van der Waals surface area contributed by atoms with Gasteiger partial charge in [0.2, 0.25) is 5.88 Å². The summed E-state index contributed by atoms with van der Waals surface area (Å²) in [4.78, 5) is 4.22. The maximum Gasteiger partial charge on any atom is 0.231 e. The maximum absolute atomic E-state index is 8.88. The summed E-state index contributed by atoms with van der Waals surface area (Å²) in [6, 6.07) is 5.65. The zero-order valence-corrected chi connectivity index (χ0v) is 10.2. The van der Waals surface area contributed by atoms with E-state index in [1.54, 1.807) is 6.07 Å². The molecule has 0 aromatic carbocycles. The molecule has 0 atom stereocenters. The largest absolute Gasteiger partial charge is 0.477 e. The van der Waals surface area contributed by atoms with Crippen molar-refractivity contribution < 1.29 is 4.74 Å². The molecule has 3 heteroatoms. The Morgan fingerprint density at radius 1 is 1.44 bits per heavy atom. The zero-order valence-electron chi connectivity index (χ0n) is 10.2. The van der Waals surface area contributed by atoms with Crippen LogP contribution in [0.1, 0.15) is 37.9 Å². The second-order valence-corrected chi connectivity index (χ2v) is 4.30. The van der Waals surface area contributed by atoms with Crippen LogP contribution in [0.25, 0.3) is 0 Å². The fraction of sp³-hybridized carbons (Fsp3) is 0.538. The molecule has 0 aliphatic rings. The van der Waals surface area contributed by atoms with Gasteiger partial charge >= 0.3 is 0 Å². The van der Waals surface area contributed by atoms with Crippen molar-refractivity contribution in [1.82, 2.24) is 4.98 Å². The lowest BCUT2D eigenvalue weighted by Gasteiger charge is -2.08. The van der Waals surface area contributed by atoms with E-state index in [0.29, 0.717) is 24.0 Å². The molecule has 1 aromatic rings. The number of aromatic nitrogens is 1. The van der Waals surface area contributed by atoms with Gasteiger partial charge in [-0.25, -0.2) is 4.98 Å². The molecule has 1 rings (SSSR count). The van der Waals surface area contributed by atoms with E-state index in [0.717, 1.165) is 18.5 Å². The van der Waals surface area contributed by atoms with E-state index in [-0.39, 0.29) is 0 Å². The van der Waals surface area contributed by atoms with Crippen LogP contribution in [0.4, 0.5) is 0 Å². The molecule has 0 radical (unpaired) electrons. The topological polar surface area (TPSA) is 45.9 Å². The van der Waals surface area contributed by atoms with Gasteiger partial charge in [0.1, 0.15) is 11.6 Å². The summed E-state index contributed by atoms with van der Waals surface area (Å²) in [7, 11) is 0. The second kappa shape index (κ2) is 6.12. The van der Waals surface area contributed by atoms with Crippen LogP contribution in [0.15, 0.2) is 12.1 Å². The minimum absolute atomic E-state index is 0.464. The maximum atomic E-state index is 8.88. The molecule has 16 heavy (non-hydrogen) atoms. The van der Waals surface area contributed by atoms with E-state index in [9.17, 15) is 0 Å². The molecule has 0 aliphatic carbocycles. The molecule has 0 spiro atoms. The van der Waals surface area contributed by atoms with Gasteiger partial charge in [0, 0.05) is 5.69 Å². The lowest BCUT2D eigenvalue weighted by Crippen LogP contribution is -2.03. The molecule has 0 fully saturated rings. The van der Waals surface area contributed by atoms with Gasteiger partial charge in [-0.05, 0) is 37.8 Å². The third-order valence-corrected chi connectivity index (χ3v) is 2.28. The van der Waals surface area contributed by atoms with Crippen molar-refractivity contribution in [3.05, 3.63) is 23.4 Å². The second-order valence-electron chi connectivity index (χ2n) is 4.30. The average molecular weight is 218 g/mol. The van der Waals surface area contributed by atoms with E-state index in [4.69, 9.17) is 10.00 Å². The van der Waals surface area contributed by atoms with E-state index in [2.05, 4.69) is 24.9 Å². The summed E-state index contributed by atoms with van der Waals surface area (Å²) in [5.41, 5.74) is 1.38. The molecule has 0 unspecified atom stereocenters. The first-order valence-electron chi connectivity index (χ1n) is 5.64. The molecule has 3 nitrogen and oxygen atoms in total. The number of nitriles is 1. The Morgan fingerprint density at radius 2 is 2.19 bits per heavy atom. The molecule has 0 aliphatic heterocycles. The Labute approximate surface area is 97.1 Å². The molecular formula is C13H18N2O. The lowest BCUT2D eigenvalue weighted by atomic mass is 10.1. The normalized spacial score (nSPS) is 10.2. The first kappa shape index (κ1) is 12.5. The number of nitrogens with zero attached hydrogens (tertiary/aromatic N) is 2. The number of aryl methyl sites for hydroxylation is 1. The van der Waals surface area contributed by atoms with Gasteiger partial charge in [-0.3, -0.25) is 0 Å². The average Bonchev–Trinajstić information content (AvgIpc) is 2.24. The molecule has 1 heterocycles. The van der Waals surface area contributed by atoms with Crippen LogP contribution in [-0.2, 0) is 0 Å². The van der Waals surface area contributed by atoms with E-state index in [1.807, 2.05) is 13.0 Å². The van der Waals surface area contributed by atoms with Crippen LogP contribution in [0.5, 0.6) is 5.88 Å². The molecule has 0 saturated carbocycles. The van der Waals surface area contributed by atoms with Crippen LogP contribution >= 0.6 is 0 Å². The summed E-state index contributed by atoms with van der Waals surface area (Å²) < 4.78 is 5.53. The highest BCUT2D eigenvalue weighted by Crippen LogP contribution is 2.15. The van der Waals surface area contributed by atoms with Crippen LogP contribution in [0, 0.1) is 24.2 Å². The minimum Gasteiger partial charge on any atom is -0.477 e. The molecule has 0 bridgehead atoms. The van der Waals surface area contributed by atoms with Crippen LogP contribution in [0.2, 0.25) is 0 Å². The fourth-order valence-corrected chi connectivity index (χ4v) is 1.39. The lowest BCUT2D eigenvalue weighted by molar-refractivity contribution is 0.286. The van der Waals surface area contributed by atoms with Crippen molar-refractivity contribution in [2.45, 2.75) is 33.6 Å². The van der Waals surface area contributed by atoms with Crippen molar-refractivity contribution in [3.8, 4) is 11.9 Å². The van der Waals surface area contributed by atoms with Crippen LogP contribution in [-0.4, -0.2) is 11.6 Å². The van der Waals surface area contributed by atoms with Crippen LogP contribution in [0.3, 0.4) is 0 Å². The van der Waals surface area contributed by atoms with Crippen molar-refractivity contribution >= 4 is 0 Å². The SMILES string of the molecule is Cc1ccc(C#N)c(OCCCC(C)C)n1. The number of rotatable bonds is 5. The third-order valence-electron chi connectivity index (χ3n) is 2.28. The highest BCUT2D eigenvalue weighted by molar-refractivity contribution is 5.38. The van der Waals surface area contributed by atoms with Crippen molar-refractivity contribution in [2.24, 2.45) is 5.92 Å². The molecule has 0 N–H and O–H groups in total. The van der Waals surface area contributed by atoms with Gasteiger partial charge in [-0.2, -0.15) is 5.26 Å². The summed E-state index contributed by atoms with van der Waals surface area (Å²) >= 11 is 0. The standard InChI is InChI=1S/C13H18N2O/c1-10(2)5-4-8-16-13-12(9-14)7-6-11(3)15-13/h6-7,10H,4-5,8H2,1-3H3. The number of ether oxygens (including phenoxy) is 1. The summed E-state index contributed by atoms with van der Waals surface area (Å²) in [6.45, 7) is 6.89. The van der Waals surface area contributed by atoms with E-state index >= 15 is 0 Å². The first-order chi connectivity index (χ1) is 7.63. The van der Waals surface area contributed by atoms with Gasteiger partial charge in [0.15, 0.2) is 0 Å². The quantitative estimate of drug-likeness (QED) is 0.713. The van der Waals surface area contributed by atoms with Gasteiger partial charge in [-0.15, -0.1) is 0 Å². The van der Waals surface area contributed by atoms with Gasteiger partial charge in [0.25, 0.3) is 0 Å². The molecular weight excluding hydrogens is 200 g/mol. The Hall–Kier alpha value is -1.56. The Kier molecular flexibility index (Phi) is 4.78. The van der Waals surface area contributed by atoms with Crippen LogP contribution < -0.4 is 4.74 Å². The minimum atomic E-state index is 0.464. The van der Waals surface area contributed by atoms with Crippen molar-refractivity contribution in [2.75, 3.05) is 6.61 Å². The first-order valence-corrected chi connectivity index (χ1v) is 5.64.